The lowest BCUT2D eigenvalue weighted by Gasteiger charge is -2.29. The molecule has 0 radical (unpaired) electrons. The van der Waals surface area contributed by atoms with Gasteiger partial charge in [0.05, 0.1) is 22.1 Å². The fraction of sp³-hybridized carbons (Fsp3) is 0.368. The Morgan fingerprint density at radius 2 is 0.761 bits per heavy atom. The molecule has 0 amide bonds. The van der Waals surface area contributed by atoms with E-state index >= 15 is 0 Å². The highest BCUT2D eigenvalue weighted by atomic mass is 14.8. The summed E-state index contributed by atoms with van der Waals surface area (Å²) >= 11 is 0. The van der Waals surface area contributed by atoms with Crippen LogP contribution in [-0.2, 0) is 10.8 Å². The van der Waals surface area contributed by atoms with Gasteiger partial charge in [0.25, 0.3) is 0 Å². The Morgan fingerprint density at radius 3 is 0.978 bits per heavy atom. The molecule has 0 saturated heterocycles. The van der Waals surface area contributed by atoms with Crippen molar-refractivity contribution in [1.29, 1.82) is 21.0 Å². The van der Waals surface area contributed by atoms with Gasteiger partial charge in [-0.2, -0.15) is 21.0 Å². The number of nitrogens with zero attached hydrogens (tertiary/aromatic N) is 8. The van der Waals surface area contributed by atoms with Gasteiger partial charge in [-0.3, -0.25) is 0 Å². The van der Waals surface area contributed by atoms with Gasteiger partial charge in [0.2, 0.25) is 0 Å². The summed E-state index contributed by atoms with van der Waals surface area (Å²) in [6.07, 6.45) is 6.10. The molecule has 6 rings (SSSR count). The first kappa shape index (κ1) is 30.6. The highest BCUT2D eigenvalue weighted by Crippen LogP contribution is 2.47. The van der Waals surface area contributed by atoms with E-state index in [-0.39, 0.29) is 33.6 Å². The van der Waals surface area contributed by atoms with Gasteiger partial charge in [-0.05, 0) is 59.1 Å². The Morgan fingerprint density at radius 1 is 0.500 bits per heavy atom. The summed E-state index contributed by atoms with van der Waals surface area (Å²) in [5.74, 6) is 0. The van der Waals surface area contributed by atoms with Crippen LogP contribution < -0.4 is 0 Å². The van der Waals surface area contributed by atoms with E-state index in [0.717, 1.165) is 82.0 Å². The van der Waals surface area contributed by atoms with E-state index in [1.807, 2.05) is 0 Å². The topological polar surface area (TPSA) is 147 Å². The van der Waals surface area contributed by atoms with E-state index in [1.165, 1.54) is 0 Å². The molecule has 0 aliphatic heterocycles. The summed E-state index contributed by atoms with van der Waals surface area (Å²) < 4.78 is 0. The maximum Gasteiger partial charge on any atom is 0.177 e. The summed E-state index contributed by atoms with van der Waals surface area (Å²) in [4.78, 5) is 19.2. The van der Waals surface area contributed by atoms with Crippen LogP contribution in [0.5, 0.6) is 0 Å². The quantitative estimate of drug-likeness (QED) is 0.124. The van der Waals surface area contributed by atoms with Crippen LogP contribution in [0.4, 0.5) is 0 Å². The van der Waals surface area contributed by atoms with Crippen LogP contribution in [0.1, 0.15) is 114 Å². The lowest BCUT2D eigenvalue weighted by Crippen LogP contribution is -2.18. The number of aromatic nitrogens is 4. The van der Waals surface area contributed by atoms with Gasteiger partial charge in [-0.25, -0.2) is 19.9 Å². The van der Waals surface area contributed by atoms with Gasteiger partial charge >= 0.3 is 0 Å². The standard InChI is InChI=1S/C38H34N8/c1-7-9-11-37(3,4)21-13-23-31-24(14-21)34-36(46-30(20-42)28(18-40)44-34)26-16-22(38(5,6)12-10-8-2)15-25(32(26)31)35-33(23)43-27(17-39)29(19-41)45-35/h13-16H,7-12H2,1-6H3. The zero-order chi connectivity index (χ0) is 33.0. The third-order valence-electron chi connectivity index (χ3n) is 9.64. The molecule has 2 heterocycles. The molecular weight excluding hydrogens is 568 g/mol. The van der Waals surface area contributed by atoms with E-state index in [2.05, 4.69) is 90.1 Å². The van der Waals surface area contributed by atoms with E-state index in [1.54, 1.807) is 0 Å². The molecule has 8 heteroatoms. The summed E-state index contributed by atoms with van der Waals surface area (Å²) in [7, 11) is 0. The molecule has 0 aliphatic carbocycles. The first-order chi connectivity index (χ1) is 22.0. The number of fused-ring (bicyclic) bond motifs is 6. The second-order valence-electron chi connectivity index (χ2n) is 13.6. The zero-order valence-electron chi connectivity index (χ0n) is 27.1. The molecule has 0 bridgehead atoms. The maximum absolute atomic E-state index is 9.98. The lowest BCUT2D eigenvalue weighted by molar-refractivity contribution is 0.458. The Labute approximate surface area is 268 Å². The van der Waals surface area contributed by atoms with Crippen molar-refractivity contribution in [2.45, 2.75) is 90.9 Å². The first-order valence-electron chi connectivity index (χ1n) is 15.9. The minimum absolute atomic E-state index is 0.0184. The van der Waals surface area contributed by atoms with Gasteiger partial charge in [0.15, 0.2) is 22.8 Å². The summed E-state index contributed by atoms with van der Waals surface area (Å²) in [6.45, 7) is 13.2. The van der Waals surface area contributed by atoms with E-state index < -0.39 is 0 Å². The van der Waals surface area contributed by atoms with E-state index in [0.29, 0.717) is 22.1 Å². The summed E-state index contributed by atoms with van der Waals surface area (Å²) in [6, 6.07) is 16.9. The molecule has 0 unspecified atom stereocenters. The van der Waals surface area contributed by atoms with Crippen LogP contribution in [-0.4, -0.2) is 19.9 Å². The van der Waals surface area contributed by atoms with Crippen LogP contribution in [0.3, 0.4) is 0 Å². The molecule has 0 aliphatic rings. The second-order valence-corrected chi connectivity index (χ2v) is 13.6. The lowest BCUT2D eigenvalue weighted by atomic mass is 9.76. The molecule has 0 saturated carbocycles. The van der Waals surface area contributed by atoms with Crippen molar-refractivity contribution in [3.8, 4) is 24.3 Å². The molecule has 226 valence electrons. The van der Waals surface area contributed by atoms with Gasteiger partial charge in [-0.15, -0.1) is 0 Å². The number of rotatable bonds is 8. The number of nitriles is 4. The predicted molar refractivity (Wildman–Crippen MR) is 180 cm³/mol. The molecular formula is C38H34N8. The Bertz CT molecular complexity index is 2080. The number of hydrogen-bond donors (Lipinski definition) is 0. The van der Waals surface area contributed by atoms with Gasteiger partial charge in [-0.1, -0.05) is 67.2 Å². The van der Waals surface area contributed by atoms with Gasteiger partial charge in [0.1, 0.15) is 24.3 Å². The number of unbranched alkanes of at least 4 members (excludes halogenated alkanes) is 2. The second kappa shape index (κ2) is 11.2. The highest BCUT2D eigenvalue weighted by Gasteiger charge is 2.29. The van der Waals surface area contributed by atoms with Crippen molar-refractivity contribution in [2.75, 3.05) is 0 Å². The van der Waals surface area contributed by atoms with Crippen molar-refractivity contribution in [3.63, 3.8) is 0 Å². The Kier molecular flexibility index (Phi) is 7.43. The summed E-state index contributed by atoms with van der Waals surface area (Å²) in [5.41, 5.74) is 3.81. The normalized spacial score (nSPS) is 12.1. The maximum atomic E-state index is 9.98. The Balaban J connectivity index is 1.95. The Hall–Kier alpha value is -5.44. The molecule has 0 spiro atoms. The largest absolute Gasteiger partial charge is 0.232 e. The van der Waals surface area contributed by atoms with Crippen molar-refractivity contribution < 1.29 is 0 Å². The monoisotopic (exact) mass is 602 g/mol. The minimum atomic E-state index is -0.217. The summed E-state index contributed by atoms with van der Waals surface area (Å²) in [5, 5.41) is 44.9. The van der Waals surface area contributed by atoms with Crippen molar-refractivity contribution in [1.82, 2.24) is 19.9 Å². The average molecular weight is 603 g/mol. The van der Waals surface area contributed by atoms with Crippen molar-refractivity contribution in [3.05, 3.63) is 58.2 Å². The molecule has 46 heavy (non-hydrogen) atoms. The molecule has 0 atom stereocenters. The van der Waals surface area contributed by atoms with Crippen molar-refractivity contribution >= 4 is 54.4 Å². The average Bonchev–Trinajstić information content (AvgIpc) is 3.07. The fourth-order valence-corrected chi connectivity index (χ4v) is 6.81. The van der Waals surface area contributed by atoms with Gasteiger partial charge in [0, 0.05) is 32.3 Å². The third kappa shape index (κ3) is 4.62. The van der Waals surface area contributed by atoms with Crippen LogP contribution in [0.15, 0.2) is 24.3 Å². The minimum Gasteiger partial charge on any atom is -0.232 e. The number of hydrogen-bond acceptors (Lipinski definition) is 8. The van der Waals surface area contributed by atoms with E-state index in [4.69, 9.17) is 19.9 Å². The highest BCUT2D eigenvalue weighted by molar-refractivity contribution is 6.38. The molecule has 0 fully saturated rings. The molecule has 6 aromatic rings. The molecule has 4 aromatic carbocycles. The smallest absolute Gasteiger partial charge is 0.177 e. The molecule has 0 N–H and O–H groups in total. The van der Waals surface area contributed by atoms with Crippen molar-refractivity contribution in [2.24, 2.45) is 0 Å². The molecule has 2 aromatic heterocycles. The van der Waals surface area contributed by atoms with Crippen LogP contribution in [0, 0.1) is 45.3 Å². The van der Waals surface area contributed by atoms with Crippen LogP contribution >= 0.6 is 0 Å². The fourth-order valence-electron chi connectivity index (χ4n) is 6.81. The number of benzene rings is 4. The SMILES string of the molecule is CCCCC(C)(C)c1cc2c3nc(C#N)c(C#N)nc3c3cc(C(C)(C)CCCC)cc4c5nc(C#N)c(C#N)nc5c(c1)c2c34. The van der Waals surface area contributed by atoms with E-state index in [9.17, 15) is 21.0 Å². The molecule has 8 nitrogen and oxygen atoms in total. The first-order valence-corrected chi connectivity index (χ1v) is 15.9. The van der Waals surface area contributed by atoms with Gasteiger partial charge < -0.3 is 0 Å². The third-order valence-corrected chi connectivity index (χ3v) is 9.64. The van der Waals surface area contributed by atoms with Crippen LogP contribution in [0.25, 0.3) is 54.4 Å². The van der Waals surface area contributed by atoms with Crippen LogP contribution in [0.2, 0.25) is 0 Å². The zero-order valence-corrected chi connectivity index (χ0v) is 27.1. The predicted octanol–water partition coefficient (Wildman–Crippen LogP) is 8.89.